The van der Waals surface area contributed by atoms with Crippen LogP contribution in [-0.2, 0) is 21.4 Å². The number of imidazole rings is 1. The summed E-state index contributed by atoms with van der Waals surface area (Å²) in [5.41, 5.74) is 1.77. The maximum atomic E-state index is 13.6. The molecule has 0 bridgehead atoms. The third-order valence-electron chi connectivity index (χ3n) is 5.26. The molecule has 1 aliphatic rings. The average Bonchev–Trinajstić information content (AvgIpc) is 3.36. The van der Waals surface area contributed by atoms with Crippen molar-refractivity contribution in [2.75, 3.05) is 18.8 Å². The van der Waals surface area contributed by atoms with Crippen LogP contribution in [0.5, 0.6) is 0 Å². The highest BCUT2D eigenvalue weighted by atomic mass is 32.2. The highest BCUT2D eigenvalue weighted by molar-refractivity contribution is 7.99. The molecular weight excluding hydrogens is 453 g/mol. The van der Waals surface area contributed by atoms with E-state index in [4.69, 9.17) is 0 Å². The molecule has 1 aromatic heterocycles. The fourth-order valence-electron chi connectivity index (χ4n) is 3.65. The molecule has 1 N–H and O–H groups in total. The molecule has 1 saturated heterocycles. The Labute approximate surface area is 189 Å². The standard InChI is InChI=1S/C22H22FN3O4S2/c23-18-6-7-20-19(12-18)24-22(26(20)14-21(27)28)31-15-17-8-10-25(13-17)32(29,30)11-9-16-4-2-1-3-5-16/h1-7,9,11-12,17H,8,10,13-15H2,(H,27,28). The lowest BCUT2D eigenvalue weighted by Crippen LogP contribution is -2.27. The van der Waals surface area contributed by atoms with Crippen molar-refractivity contribution in [3.63, 3.8) is 0 Å². The zero-order valence-electron chi connectivity index (χ0n) is 17.1. The van der Waals surface area contributed by atoms with Crippen LogP contribution in [0.2, 0.25) is 0 Å². The van der Waals surface area contributed by atoms with Gasteiger partial charge < -0.3 is 9.67 Å². The molecule has 0 spiro atoms. The molecule has 3 aromatic rings. The first-order valence-electron chi connectivity index (χ1n) is 10.1. The Morgan fingerprint density at radius 1 is 1.25 bits per heavy atom. The predicted octanol–water partition coefficient (Wildman–Crippen LogP) is 3.67. The molecule has 4 rings (SSSR count). The van der Waals surface area contributed by atoms with E-state index in [1.165, 1.54) is 39.7 Å². The van der Waals surface area contributed by atoms with Gasteiger partial charge in [-0.3, -0.25) is 4.79 Å². The number of carbonyl (C=O) groups is 1. The zero-order chi connectivity index (χ0) is 22.7. The van der Waals surface area contributed by atoms with Gasteiger partial charge in [0.25, 0.3) is 0 Å². The molecule has 1 unspecified atom stereocenters. The second-order valence-electron chi connectivity index (χ2n) is 7.59. The van der Waals surface area contributed by atoms with Crippen LogP contribution in [0.3, 0.4) is 0 Å². The molecular formula is C22H22FN3O4S2. The minimum Gasteiger partial charge on any atom is -0.480 e. The summed E-state index contributed by atoms with van der Waals surface area (Å²) in [6.07, 6.45) is 2.30. The van der Waals surface area contributed by atoms with Crippen LogP contribution < -0.4 is 0 Å². The second kappa shape index (κ2) is 9.43. The molecule has 0 radical (unpaired) electrons. The van der Waals surface area contributed by atoms with Gasteiger partial charge >= 0.3 is 5.97 Å². The number of aliphatic carboxylic acids is 1. The van der Waals surface area contributed by atoms with Crippen molar-refractivity contribution in [2.45, 2.75) is 18.1 Å². The zero-order valence-corrected chi connectivity index (χ0v) is 18.7. The van der Waals surface area contributed by atoms with Crippen molar-refractivity contribution in [2.24, 2.45) is 5.92 Å². The first-order chi connectivity index (χ1) is 15.3. The van der Waals surface area contributed by atoms with Crippen molar-refractivity contribution in [1.29, 1.82) is 0 Å². The number of hydrogen-bond donors (Lipinski definition) is 1. The monoisotopic (exact) mass is 475 g/mol. The van der Waals surface area contributed by atoms with Crippen LogP contribution in [0.4, 0.5) is 4.39 Å². The molecule has 7 nitrogen and oxygen atoms in total. The van der Waals surface area contributed by atoms with Crippen LogP contribution in [0, 0.1) is 11.7 Å². The van der Waals surface area contributed by atoms with Crippen molar-refractivity contribution >= 4 is 44.9 Å². The number of sulfonamides is 1. The molecule has 32 heavy (non-hydrogen) atoms. The fraction of sp³-hybridized carbons (Fsp3) is 0.273. The smallest absolute Gasteiger partial charge is 0.323 e. The van der Waals surface area contributed by atoms with E-state index < -0.39 is 21.8 Å². The van der Waals surface area contributed by atoms with E-state index in [0.717, 1.165) is 5.56 Å². The number of hydrogen-bond acceptors (Lipinski definition) is 5. The molecule has 0 saturated carbocycles. The third kappa shape index (κ3) is 5.20. The van der Waals surface area contributed by atoms with Gasteiger partial charge in [-0.1, -0.05) is 42.1 Å². The van der Waals surface area contributed by atoms with Crippen LogP contribution in [0.15, 0.2) is 59.1 Å². The fourth-order valence-corrected chi connectivity index (χ4v) is 6.07. The van der Waals surface area contributed by atoms with Crippen molar-refractivity contribution in [3.8, 4) is 0 Å². The van der Waals surface area contributed by atoms with Gasteiger partial charge in [0.2, 0.25) is 10.0 Å². The SMILES string of the molecule is O=C(O)Cn1c(SCC2CCN(S(=O)(=O)C=Cc3ccccc3)C2)nc2cc(F)ccc21. The summed E-state index contributed by atoms with van der Waals surface area (Å²) in [4.78, 5) is 15.7. The van der Waals surface area contributed by atoms with E-state index in [0.29, 0.717) is 41.5 Å². The van der Waals surface area contributed by atoms with Gasteiger partial charge in [0, 0.05) is 30.3 Å². The largest absolute Gasteiger partial charge is 0.480 e. The van der Waals surface area contributed by atoms with Crippen LogP contribution in [-0.4, -0.2) is 52.2 Å². The topological polar surface area (TPSA) is 92.5 Å². The Hall–Kier alpha value is -2.69. The number of carboxylic acid groups (broad SMARTS) is 1. The van der Waals surface area contributed by atoms with Gasteiger partial charge in [0.05, 0.1) is 11.0 Å². The van der Waals surface area contributed by atoms with E-state index in [9.17, 15) is 22.7 Å². The Morgan fingerprint density at radius 2 is 2.03 bits per heavy atom. The number of rotatable bonds is 8. The number of nitrogens with zero attached hydrogens (tertiary/aromatic N) is 3. The van der Waals surface area contributed by atoms with Crippen LogP contribution in [0.1, 0.15) is 12.0 Å². The summed E-state index contributed by atoms with van der Waals surface area (Å²) in [6.45, 7) is 0.547. The van der Waals surface area contributed by atoms with E-state index >= 15 is 0 Å². The Bertz CT molecular complexity index is 1260. The molecule has 2 heterocycles. The molecule has 1 atom stereocenters. The molecule has 0 aliphatic carbocycles. The number of aromatic nitrogens is 2. The number of fused-ring (bicyclic) bond motifs is 1. The van der Waals surface area contributed by atoms with Gasteiger partial charge in [-0.2, -0.15) is 4.31 Å². The average molecular weight is 476 g/mol. The minimum atomic E-state index is -3.52. The lowest BCUT2D eigenvalue weighted by Gasteiger charge is -2.14. The van der Waals surface area contributed by atoms with Gasteiger partial charge in [0.1, 0.15) is 12.4 Å². The predicted molar refractivity (Wildman–Crippen MR) is 122 cm³/mol. The summed E-state index contributed by atoms with van der Waals surface area (Å²) < 4.78 is 41.9. The van der Waals surface area contributed by atoms with Crippen LogP contribution in [0.25, 0.3) is 17.1 Å². The minimum absolute atomic E-state index is 0.106. The first kappa shape index (κ1) is 22.5. The lowest BCUT2D eigenvalue weighted by atomic mass is 10.2. The summed E-state index contributed by atoms with van der Waals surface area (Å²) in [7, 11) is -3.52. The van der Waals surface area contributed by atoms with Gasteiger partial charge in [-0.05, 0) is 36.1 Å². The van der Waals surface area contributed by atoms with Gasteiger partial charge in [-0.25, -0.2) is 17.8 Å². The summed E-state index contributed by atoms with van der Waals surface area (Å²) in [5.74, 6) is -0.761. The summed E-state index contributed by atoms with van der Waals surface area (Å²) in [6, 6.07) is 13.3. The highest BCUT2D eigenvalue weighted by Crippen LogP contribution is 2.30. The maximum absolute atomic E-state index is 13.6. The molecule has 0 amide bonds. The third-order valence-corrected chi connectivity index (χ3v) is 8.00. The molecule has 2 aromatic carbocycles. The van der Waals surface area contributed by atoms with E-state index in [2.05, 4.69) is 4.98 Å². The lowest BCUT2D eigenvalue weighted by molar-refractivity contribution is -0.137. The van der Waals surface area contributed by atoms with E-state index in [1.807, 2.05) is 30.3 Å². The highest BCUT2D eigenvalue weighted by Gasteiger charge is 2.30. The molecule has 1 fully saturated rings. The summed E-state index contributed by atoms with van der Waals surface area (Å²) >= 11 is 1.37. The van der Waals surface area contributed by atoms with Gasteiger partial charge in [0.15, 0.2) is 5.16 Å². The summed E-state index contributed by atoms with van der Waals surface area (Å²) in [5, 5.41) is 11.0. The molecule has 1 aliphatic heterocycles. The van der Waals surface area contributed by atoms with Gasteiger partial charge in [-0.15, -0.1) is 0 Å². The van der Waals surface area contributed by atoms with Crippen molar-refractivity contribution < 1.29 is 22.7 Å². The quantitative estimate of drug-likeness (QED) is 0.500. The van der Waals surface area contributed by atoms with E-state index in [-0.39, 0.29) is 12.5 Å². The number of halogens is 1. The molecule has 10 heteroatoms. The van der Waals surface area contributed by atoms with Crippen molar-refractivity contribution in [1.82, 2.24) is 13.9 Å². The van der Waals surface area contributed by atoms with E-state index in [1.54, 1.807) is 10.6 Å². The normalized spacial score (nSPS) is 17.5. The Kier molecular flexibility index (Phi) is 6.63. The van der Waals surface area contributed by atoms with Crippen LogP contribution >= 0.6 is 11.8 Å². The maximum Gasteiger partial charge on any atom is 0.323 e. The number of thioether (sulfide) groups is 1. The Balaban J connectivity index is 1.43. The first-order valence-corrected chi connectivity index (χ1v) is 12.5. The number of carboxylic acids is 1. The number of benzene rings is 2. The Morgan fingerprint density at radius 3 is 2.78 bits per heavy atom. The van der Waals surface area contributed by atoms with Crippen molar-refractivity contribution in [3.05, 3.63) is 65.3 Å². The second-order valence-corrected chi connectivity index (χ2v) is 10.4. The molecule has 168 valence electrons.